The van der Waals surface area contributed by atoms with Crippen molar-refractivity contribution < 1.29 is 14.7 Å². The Morgan fingerprint density at radius 3 is 2.32 bits per heavy atom. The number of likely N-dealkylation sites (tertiary alicyclic amines) is 1. The highest BCUT2D eigenvalue weighted by atomic mass is 35.5. The van der Waals surface area contributed by atoms with E-state index in [2.05, 4.69) is 0 Å². The number of aromatic nitrogens is 1. The fraction of sp³-hybridized carbons (Fsp3) is 0.280. The number of carbonyl (C=O) groups is 2. The molecule has 1 atom stereocenters. The summed E-state index contributed by atoms with van der Waals surface area (Å²) in [6, 6.07) is 16.6. The smallest absolute Gasteiger partial charge is 0.337 e. The number of amides is 1. The van der Waals surface area contributed by atoms with E-state index in [9.17, 15) is 14.7 Å². The molecule has 5 nitrogen and oxygen atoms in total. The van der Waals surface area contributed by atoms with Crippen molar-refractivity contribution in [2.75, 3.05) is 13.1 Å². The normalized spacial score (nSPS) is 16.4. The Kier molecular flexibility index (Phi) is 5.88. The first-order valence-corrected chi connectivity index (χ1v) is 10.8. The second-order valence-electron chi connectivity index (χ2n) is 8.13. The summed E-state index contributed by atoms with van der Waals surface area (Å²) in [5, 5.41) is 10.4. The molecular formula is C25H25ClN2O3. The van der Waals surface area contributed by atoms with Crippen LogP contribution in [0.3, 0.4) is 0 Å². The molecule has 31 heavy (non-hydrogen) atoms. The molecule has 1 saturated heterocycles. The molecule has 1 N–H and O–H groups in total. The van der Waals surface area contributed by atoms with Crippen LogP contribution in [-0.4, -0.2) is 39.5 Å². The van der Waals surface area contributed by atoms with Gasteiger partial charge in [-0.3, -0.25) is 4.79 Å². The lowest BCUT2D eigenvalue weighted by atomic mass is 9.90. The molecule has 0 bridgehead atoms. The summed E-state index contributed by atoms with van der Waals surface area (Å²) in [5.41, 5.74) is 4.23. The van der Waals surface area contributed by atoms with Gasteiger partial charge in [-0.05, 0) is 74.7 Å². The minimum atomic E-state index is -1.01. The molecule has 4 rings (SSSR count). The maximum absolute atomic E-state index is 13.4. The number of carboxylic acids is 1. The Balaban J connectivity index is 1.64. The summed E-state index contributed by atoms with van der Waals surface area (Å²) in [5.74, 6) is -0.816. The highest BCUT2D eigenvalue weighted by Crippen LogP contribution is 2.29. The summed E-state index contributed by atoms with van der Waals surface area (Å²) < 4.78 is 1.88. The van der Waals surface area contributed by atoms with Gasteiger partial charge in [-0.1, -0.05) is 23.7 Å². The van der Waals surface area contributed by atoms with Crippen molar-refractivity contribution in [3.05, 3.63) is 87.7 Å². The number of carboxylic acid groups (broad SMARTS) is 1. The van der Waals surface area contributed by atoms with Crippen molar-refractivity contribution >= 4 is 23.5 Å². The van der Waals surface area contributed by atoms with E-state index in [0.29, 0.717) is 29.4 Å². The van der Waals surface area contributed by atoms with Gasteiger partial charge in [-0.2, -0.15) is 0 Å². The monoisotopic (exact) mass is 436 g/mol. The summed E-state index contributed by atoms with van der Waals surface area (Å²) in [7, 11) is 0. The van der Waals surface area contributed by atoms with E-state index in [1.165, 1.54) is 11.6 Å². The van der Waals surface area contributed by atoms with Crippen LogP contribution < -0.4 is 0 Å². The number of aromatic carboxylic acids is 1. The molecule has 1 amide bonds. The molecule has 1 aliphatic heterocycles. The van der Waals surface area contributed by atoms with Crippen LogP contribution in [0.25, 0.3) is 5.69 Å². The number of aryl methyl sites for hydroxylation is 2. The van der Waals surface area contributed by atoms with Gasteiger partial charge in [0, 0.05) is 41.0 Å². The largest absolute Gasteiger partial charge is 0.478 e. The van der Waals surface area contributed by atoms with Crippen molar-refractivity contribution in [3.8, 4) is 5.69 Å². The van der Waals surface area contributed by atoms with E-state index in [1.54, 1.807) is 12.1 Å². The molecule has 2 aromatic carbocycles. The van der Waals surface area contributed by atoms with Crippen molar-refractivity contribution in [1.82, 2.24) is 9.47 Å². The maximum atomic E-state index is 13.4. The first-order chi connectivity index (χ1) is 14.8. The molecule has 3 aromatic rings. The summed E-state index contributed by atoms with van der Waals surface area (Å²) in [6.45, 7) is 5.18. The third-order valence-electron chi connectivity index (χ3n) is 6.04. The summed E-state index contributed by atoms with van der Waals surface area (Å²) in [6.07, 6.45) is 1.95. The van der Waals surface area contributed by atoms with E-state index in [1.807, 2.05) is 59.7 Å². The SMILES string of the molecule is Cc1ccc(C)n1-c1cc(C(=O)N2CCCC(c3ccc(Cl)cc3)C2)ccc1C(=O)O. The molecule has 1 fully saturated rings. The topological polar surface area (TPSA) is 62.5 Å². The number of halogens is 1. The fourth-order valence-electron chi connectivity index (χ4n) is 4.43. The number of hydrogen-bond acceptors (Lipinski definition) is 2. The molecule has 6 heteroatoms. The van der Waals surface area contributed by atoms with Crippen LogP contribution in [0.5, 0.6) is 0 Å². The van der Waals surface area contributed by atoms with Crippen LogP contribution >= 0.6 is 11.6 Å². The lowest BCUT2D eigenvalue weighted by molar-refractivity contribution is 0.0687. The quantitative estimate of drug-likeness (QED) is 0.590. The van der Waals surface area contributed by atoms with Crippen molar-refractivity contribution in [2.45, 2.75) is 32.6 Å². The van der Waals surface area contributed by atoms with Crippen molar-refractivity contribution in [1.29, 1.82) is 0 Å². The van der Waals surface area contributed by atoms with Gasteiger partial charge in [0.2, 0.25) is 0 Å². The predicted octanol–water partition coefficient (Wildman–Crippen LogP) is 5.47. The van der Waals surface area contributed by atoms with Crippen molar-refractivity contribution in [3.63, 3.8) is 0 Å². The molecule has 0 spiro atoms. The zero-order chi connectivity index (χ0) is 22.1. The van der Waals surface area contributed by atoms with Crippen LogP contribution in [0.1, 0.15) is 56.4 Å². The second-order valence-corrected chi connectivity index (χ2v) is 8.57. The van der Waals surface area contributed by atoms with Gasteiger partial charge in [0.15, 0.2) is 0 Å². The average Bonchev–Trinajstić information content (AvgIpc) is 3.11. The zero-order valence-corrected chi connectivity index (χ0v) is 18.4. The number of hydrogen-bond donors (Lipinski definition) is 1. The third-order valence-corrected chi connectivity index (χ3v) is 6.29. The second kappa shape index (κ2) is 8.60. The lowest BCUT2D eigenvalue weighted by Gasteiger charge is -2.33. The van der Waals surface area contributed by atoms with Gasteiger partial charge < -0.3 is 14.6 Å². The minimum absolute atomic E-state index is 0.0701. The Bertz CT molecular complexity index is 1110. The average molecular weight is 437 g/mol. The van der Waals surface area contributed by atoms with Gasteiger partial charge in [0.25, 0.3) is 5.91 Å². The van der Waals surface area contributed by atoms with Crippen LogP contribution in [-0.2, 0) is 0 Å². The first-order valence-electron chi connectivity index (χ1n) is 10.4. The van der Waals surface area contributed by atoms with E-state index < -0.39 is 5.97 Å². The van der Waals surface area contributed by atoms with Crippen LogP contribution in [0.2, 0.25) is 5.02 Å². The van der Waals surface area contributed by atoms with Gasteiger partial charge in [0.1, 0.15) is 0 Å². The standard InChI is InChI=1S/C25H25ClN2O3/c1-16-5-6-17(2)28(16)23-14-19(9-12-22(23)25(30)31)24(29)27-13-3-4-20(15-27)18-7-10-21(26)11-8-18/h5-12,14,20H,3-4,13,15H2,1-2H3,(H,30,31). The number of carbonyl (C=O) groups excluding carboxylic acids is 1. The molecule has 1 aromatic heterocycles. The number of benzene rings is 2. The summed E-state index contributed by atoms with van der Waals surface area (Å²) in [4.78, 5) is 27.1. The van der Waals surface area contributed by atoms with E-state index in [0.717, 1.165) is 24.2 Å². The van der Waals surface area contributed by atoms with Crippen LogP contribution in [0.15, 0.2) is 54.6 Å². The Labute approximate surface area is 186 Å². The van der Waals surface area contributed by atoms with Gasteiger partial charge in [0.05, 0.1) is 11.3 Å². The van der Waals surface area contributed by atoms with Gasteiger partial charge in [-0.15, -0.1) is 0 Å². The molecular weight excluding hydrogens is 412 g/mol. The highest BCUT2D eigenvalue weighted by molar-refractivity contribution is 6.30. The third kappa shape index (κ3) is 4.23. The minimum Gasteiger partial charge on any atom is -0.478 e. The van der Waals surface area contributed by atoms with Crippen LogP contribution in [0.4, 0.5) is 0 Å². The lowest BCUT2D eigenvalue weighted by Crippen LogP contribution is -2.39. The Hall–Kier alpha value is -3.05. The summed E-state index contributed by atoms with van der Waals surface area (Å²) >= 11 is 6.02. The Morgan fingerprint density at radius 1 is 1.00 bits per heavy atom. The number of nitrogens with zero attached hydrogens (tertiary/aromatic N) is 2. The number of rotatable bonds is 4. The van der Waals surface area contributed by atoms with Gasteiger partial charge >= 0.3 is 5.97 Å². The molecule has 0 radical (unpaired) electrons. The van der Waals surface area contributed by atoms with E-state index in [-0.39, 0.29) is 17.4 Å². The van der Waals surface area contributed by atoms with E-state index in [4.69, 9.17) is 11.6 Å². The molecule has 1 unspecified atom stereocenters. The molecule has 2 heterocycles. The number of piperidine rings is 1. The first kappa shape index (κ1) is 21.2. The van der Waals surface area contributed by atoms with E-state index >= 15 is 0 Å². The molecule has 0 saturated carbocycles. The maximum Gasteiger partial charge on any atom is 0.337 e. The zero-order valence-electron chi connectivity index (χ0n) is 17.6. The fourth-order valence-corrected chi connectivity index (χ4v) is 4.56. The highest BCUT2D eigenvalue weighted by Gasteiger charge is 2.26. The van der Waals surface area contributed by atoms with Crippen molar-refractivity contribution in [2.24, 2.45) is 0 Å². The molecule has 1 aliphatic rings. The molecule has 160 valence electrons. The van der Waals surface area contributed by atoms with Crippen LogP contribution in [0, 0.1) is 13.8 Å². The molecule has 0 aliphatic carbocycles. The Morgan fingerprint density at radius 2 is 1.68 bits per heavy atom. The van der Waals surface area contributed by atoms with Gasteiger partial charge in [-0.25, -0.2) is 4.79 Å². The predicted molar refractivity (Wildman–Crippen MR) is 122 cm³/mol.